The molecule has 0 unspecified atom stereocenters. The molecule has 0 aliphatic carbocycles. The lowest BCUT2D eigenvalue weighted by atomic mass is 10.1. The van der Waals surface area contributed by atoms with Crippen molar-refractivity contribution < 1.29 is 13.2 Å². The molecule has 1 saturated heterocycles. The number of nitrogens with zero attached hydrogens (tertiary/aromatic N) is 3. The van der Waals surface area contributed by atoms with Crippen molar-refractivity contribution in [2.75, 3.05) is 18.6 Å². The molecule has 134 valence electrons. The minimum absolute atomic E-state index is 0.0303. The Hall–Kier alpha value is -2.15. The zero-order valence-corrected chi connectivity index (χ0v) is 15.6. The Morgan fingerprint density at radius 2 is 1.96 bits per heavy atom. The maximum Gasteiger partial charge on any atom is 0.226 e. The van der Waals surface area contributed by atoms with Gasteiger partial charge in [-0.05, 0) is 32.4 Å². The largest absolute Gasteiger partial charge is 0.341 e. The second kappa shape index (κ2) is 6.63. The third-order valence-electron chi connectivity index (χ3n) is 4.80. The summed E-state index contributed by atoms with van der Waals surface area (Å²) in [5.41, 5.74) is 3.84. The molecule has 1 aliphatic rings. The van der Waals surface area contributed by atoms with Crippen molar-refractivity contribution in [2.45, 2.75) is 26.8 Å². The van der Waals surface area contributed by atoms with Crippen molar-refractivity contribution in [1.29, 1.82) is 0 Å². The molecule has 2 aromatic rings. The number of benzene rings is 1. The van der Waals surface area contributed by atoms with Crippen LogP contribution in [0.4, 0.5) is 0 Å². The lowest BCUT2D eigenvalue weighted by Crippen LogP contribution is -2.33. The van der Waals surface area contributed by atoms with E-state index in [2.05, 4.69) is 5.10 Å². The van der Waals surface area contributed by atoms with Gasteiger partial charge in [0.25, 0.3) is 0 Å². The summed E-state index contributed by atoms with van der Waals surface area (Å²) in [6, 6.07) is 9.85. The second-order valence-corrected chi connectivity index (χ2v) is 8.92. The van der Waals surface area contributed by atoms with Crippen LogP contribution in [0.25, 0.3) is 5.69 Å². The Bertz CT molecular complexity index is 888. The van der Waals surface area contributed by atoms with Crippen molar-refractivity contribution >= 4 is 15.7 Å². The standard InChI is InChI=1S/C18H23N3O3S/c1-13-17(14(2)21(19-13)16-7-5-4-6-8-16)11-20(3)18(22)15-9-10-25(23,24)12-15/h4-8,15H,9-12H2,1-3H3/t15-/m1/s1. The van der Waals surface area contributed by atoms with E-state index in [4.69, 9.17) is 0 Å². The van der Waals surface area contributed by atoms with Gasteiger partial charge in [0, 0.05) is 24.8 Å². The molecule has 6 nitrogen and oxygen atoms in total. The van der Waals surface area contributed by atoms with Crippen molar-refractivity contribution in [3.8, 4) is 5.69 Å². The highest BCUT2D eigenvalue weighted by atomic mass is 32.2. The van der Waals surface area contributed by atoms with Crippen LogP contribution in [0.15, 0.2) is 30.3 Å². The molecule has 25 heavy (non-hydrogen) atoms. The van der Waals surface area contributed by atoms with Gasteiger partial charge in [0.05, 0.1) is 28.8 Å². The fourth-order valence-electron chi connectivity index (χ4n) is 3.34. The average molecular weight is 361 g/mol. The molecule has 1 aromatic heterocycles. The maximum atomic E-state index is 12.6. The normalized spacial score (nSPS) is 19.1. The third kappa shape index (κ3) is 3.61. The quantitative estimate of drug-likeness (QED) is 0.834. The number of carbonyl (C=O) groups excluding carboxylic acids is 1. The maximum absolute atomic E-state index is 12.6. The van der Waals surface area contributed by atoms with Crippen molar-refractivity contribution in [2.24, 2.45) is 5.92 Å². The molecule has 1 atom stereocenters. The first-order valence-electron chi connectivity index (χ1n) is 8.34. The Morgan fingerprint density at radius 3 is 2.56 bits per heavy atom. The summed E-state index contributed by atoms with van der Waals surface area (Å²) in [4.78, 5) is 14.2. The number of amides is 1. The van der Waals surface area contributed by atoms with Gasteiger partial charge in [0.15, 0.2) is 9.84 Å². The van der Waals surface area contributed by atoms with E-state index >= 15 is 0 Å². The first-order valence-corrected chi connectivity index (χ1v) is 10.2. The van der Waals surface area contributed by atoms with E-state index in [-0.39, 0.29) is 17.4 Å². The van der Waals surface area contributed by atoms with Crippen LogP contribution in [-0.2, 0) is 21.2 Å². The van der Waals surface area contributed by atoms with E-state index in [1.807, 2.05) is 48.9 Å². The Morgan fingerprint density at radius 1 is 1.28 bits per heavy atom. The number of para-hydroxylation sites is 1. The summed E-state index contributed by atoms with van der Waals surface area (Å²) < 4.78 is 25.1. The lowest BCUT2D eigenvalue weighted by molar-refractivity contribution is -0.133. The number of rotatable bonds is 4. The summed E-state index contributed by atoms with van der Waals surface area (Å²) in [6.07, 6.45) is 0.423. The van der Waals surface area contributed by atoms with E-state index in [9.17, 15) is 13.2 Å². The van der Waals surface area contributed by atoms with Gasteiger partial charge in [-0.25, -0.2) is 13.1 Å². The molecule has 1 fully saturated rings. The predicted octanol–water partition coefficient (Wildman–Crippen LogP) is 1.88. The van der Waals surface area contributed by atoms with E-state index in [0.29, 0.717) is 13.0 Å². The fourth-order valence-corrected chi connectivity index (χ4v) is 5.07. The van der Waals surface area contributed by atoms with Crippen LogP contribution in [0.3, 0.4) is 0 Å². The highest BCUT2D eigenvalue weighted by Gasteiger charge is 2.34. The Kier molecular flexibility index (Phi) is 4.69. The van der Waals surface area contributed by atoms with Crippen molar-refractivity contribution in [3.63, 3.8) is 0 Å². The van der Waals surface area contributed by atoms with Crippen LogP contribution in [0.2, 0.25) is 0 Å². The van der Waals surface area contributed by atoms with Gasteiger partial charge in [-0.3, -0.25) is 4.79 Å². The first-order chi connectivity index (χ1) is 11.8. The van der Waals surface area contributed by atoms with Crippen LogP contribution in [0, 0.1) is 19.8 Å². The van der Waals surface area contributed by atoms with Gasteiger partial charge in [-0.2, -0.15) is 5.10 Å². The topological polar surface area (TPSA) is 72.3 Å². The number of aryl methyl sites for hydroxylation is 1. The molecule has 1 aliphatic heterocycles. The van der Waals surface area contributed by atoms with Crippen LogP contribution >= 0.6 is 0 Å². The molecule has 7 heteroatoms. The van der Waals surface area contributed by atoms with Crippen LogP contribution in [0.5, 0.6) is 0 Å². The molecular weight excluding hydrogens is 338 g/mol. The molecule has 0 bridgehead atoms. The van der Waals surface area contributed by atoms with Crippen LogP contribution < -0.4 is 0 Å². The number of carbonyl (C=O) groups is 1. The van der Waals surface area contributed by atoms with Crippen molar-refractivity contribution in [3.05, 3.63) is 47.3 Å². The summed E-state index contributed by atoms with van der Waals surface area (Å²) in [5, 5.41) is 4.60. The van der Waals surface area contributed by atoms with E-state index in [0.717, 1.165) is 22.6 Å². The number of aromatic nitrogens is 2. The summed E-state index contributed by atoms with van der Waals surface area (Å²) >= 11 is 0. The molecule has 0 N–H and O–H groups in total. The van der Waals surface area contributed by atoms with Gasteiger partial charge in [-0.15, -0.1) is 0 Å². The summed E-state index contributed by atoms with van der Waals surface area (Å²) in [5.74, 6) is -0.439. The summed E-state index contributed by atoms with van der Waals surface area (Å²) in [7, 11) is -1.33. The molecule has 1 aromatic carbocycles. The molecule has 3 rings (SSSR count). The molecule has 0 radical (unpaired) electrons. The fraction of sp³-hybridized carbons (Fsp3) is 0.444. The highest BCUT2D eigenvalue weighted by Crippen LogP contribution is 2.23. The molecule has 0 spiro atoms. The molecule has 2 heterocycles. The highest BCUT2D eigenvalue weighted by molar-refractivity contribution is 7.91. The smallest absolute Gasteiger partial charge is 0.226 e. The SMILES string of the molecule is Cc1nn(-c2ccccc2)c(C)c1CN(C)C(=O)[C@@H]1CCS(=O)(=O)C1. The van der Waals surface area contributed by atoms with Gasteiger partial charge in [0.2, 0.25) is 5.91 Å². The third-order valence-corrected chi connectivity index (χ3v) is 6.56. The average Bonchev–Trinajstić information content (AvgIpc) is 3.08. The van der Waals surface area contributed by atoms with E-state index in [1.54, 1.807) is 11.9 Å². The van der Waals surface area contributed by atoms with Gasteiger partial charge in [-0.1, -0.05) is 18.2 Å². The zero-order chi connectivity index (χ0) is 18.2. The molecule has 0 saturated carbocycles. The summed E-state index contributed by atoms with van der Waals surface area (Å²) in [6.45, 7) is 4.35. The zero-order valence-electron chi connectivity index (χ0n) is 14.8. The predicted molar refractivity (Wildman–Crippen MR) is 96.3 cm³/mol. The number of hydrogen-bond acceptors (Lipinski definition) is 4. The van der Waals surface area contributed by atoms with E-state index < -0.39 is 15.8 Å². The second-order valence-electron chi connectivity index (χ2n) is 6.69. The van der Waals surface area contributed by atoms with E-state index in [1.165, 1.54) is 0 Å². The molecule has 1 amide bonds. The van der Waals surface area contributed by atoms with Crippen LogP contribution in [-0.4, -0.2) is 47.6 Å². The van der Waals surface area contributed by atoms with Crippen molar-refractivity contribution in [1.82, 2.24) is 14.7 Å². The number of hydrogen-bond donors (Lipinski definition) is 0. The van der Waals surface area contributed by atoms with Gasteiger partial charge < -0.3 is 4.90 Å². The molecular formula is C18H23N3O3S. The van der Waals surface area contributed by atoms with Crippen LogP contribution in [0.1, 0.15) is 23.4 Å². The first kappa shape index (κ1) is 17.7. The Balaban J connectivity index is 1.79. The minimum Gasteiger partial charge on any atom is -0.341 e. The lowest BCUT2D eigenvalue weighted by Gasteiger charge is -2.20. The Labute approximate surface area is 148 Å². The number of sulfone groups is 1. The van der Waals surface area contributed by atoms with Gasteiger partial charge in [0.1, 0.15) is 0 Å². The monoisotopic (exact) mass is 361 g/mol. The van der Waals surface area contributed by atoms with Gasteiger partial charge >= 0.3 is 0 Å². The minimum atomic E-state index is -3.06.